The second-order valence-electron chi connectivity index (χ2n) is 4.80. The van der Waals surface area contributed by atoms with Crippen LogP contribution in [0.5, 0.6) is 0 Å². The average Bonchev–Trinajstić information content (AvgIpc) is 2.22. The topological polar surface area (TPSA) is 55.2 Å². The van der Waals surface area contributed by atoms with Crippen molar-refractivity contribution in [1.29, 1.82) is 0 Å². The highest BCUT2D eigenvalue weighted by Crippen LogP contribution is 2.31. The number of benzene rings is 1. The second kappa shape index (κ2) is 5.81. The average molecular weight is 366 g/mol. The van der Waals surface area contributed by atoms with Crippen LogP contribution in [-0.2, 0) is 0 Å². The molecule has 0 aliphatic rings. The van der Waals surface area contributed by atoms with Crippen molar-refractivity contribution in [2.75, 3.05) is 5.32 Å². The van der Waals surface area contributed by atoms with E-state index < -0.39 is 10.7 Å². The highest BCUT2D eigenvalue weighted by atomic mass is 127. The van der Waals surface area contributed by atoms with E-state index in [1.807, 2.05) is 20.8 Å². The third kappa shape index (κ3) is 3.79. The van der Waals surface area contributed by atoms with Gasteiger partial charge in [0.05, 0.1) is 8.49 Å². The maximum absolute atomic E-state index is 13.5. The van der Waals surface area contributed by atoms with E-state index in [1.54, 1.807) is 22.6 Å². The number of nitro benzene ring substituents is 1. The fourth-order valence-corrected chi connectivity index (χ4v) is 2.29. The fraction of sp³-hybridized carbons (Fsp3) is 0.500. The molecule has 1 N–H and O–H groups in total. The van der Waals surface area contributed by atoms with Gasteiger partial charge in [0.15, 0.2) is 0 Å². The summed E-state index contributed by atoms with van der Waals surface area (Å²) in [7, 11) is 0. The maximum Gasteiger partial charge on any atom is 0.293 e. The SMILES string of the molecule is CCCC(C)(C)Nc1cc(F)c(I)cc1[N+](=O)[O-]. The molecule has 6 heteroatoms. The van der Waals surface area contributed by atoms with Gasteiger partial charge in [-0.05, 0) is 42.9 Å². The molecule has 0 saturated heterocycles. The van der Waals surface area contributed by atoms with Gasteiger partial charge in [0, 0.05) is 17.7 Å². The molecule has 0 atom stereocenters. The third-order valence-electron chi connectivity index (χ3n) is 2.58. The van der Waals surface area contributed by atoms with Crippen molar-refractivity contribution in [3.8, 4) is 0 Å². The summed E-state index contributed by atoms with van der Waals surface area (Å²) >= 11 is 1.75. The lowest BCUT2D eigenvalue weighted by molar-refractivity contribution is -0.384. The largest absolute Gasteiger partial charge is 0.375 e. The quantitative estimate of drug-likeness (QED) is 0.480. The number of hydrogen-bond donors (Lipinski definition) is 1. The van der Waals surface area contributed by atoms with E-state index in [4.69, 9.17) is 0 Å². The smallest absolute Gasteiger partial charge is 0.293 e. The van der Waals surface area contributed by atoms with E-state index in [-0.39, 0.29) is 20.5 Å². The zero-order chi connectivity index (χ0) is 13.9. The van der Waals surface area contributed by atoms with Gasteiger partial charge in [0.1, 0.15) is 11.5 Å². The minimum Gasteiger partial charge on any atom is -0.375 e. The Morgan fingerprint density at radius 3 is 2.61 bits per heavy atom. The van der Waals surface area contributed by atoms with E-state index in [0.717, 1.165) is 12.8 Å². The van der Waals surface area contributed by atoms with Gasteiger partial charge < -0.3 is 5.32 Å². The summed E-state index contributed by atoms with van der Waals surface area (Å²) in [4.78, 5) is 10.5. The van der Waals surface area contributed by atoms with Crippen LogP contribution in [0.1, 0.15) is 33.6 Å². The van der Waals surface area contributed by atoms with Gasteiger partial charge in [-0.25, -0.2) is 4.39 Å². The van der Waals surface area contributed by atoms with Gasteiger partial charge in [0.25, 0.3) is 5.69 Å². The Balaban J connectivity index is 3.15. The van der Waals surface area contributed by atoms with Crippen LogP contribution in [-0.4, -0.2) is 10.5 Å². The van der Waals surface area contributed by atoms with Crippen molar-refractivity contribution < 1.29 is 9.31 Å². The van der Waals surface area contributed by atoms with Crippen LogP contribution < -0.4 is 5.32 Å². The Hall–Kier alpha value is -0.920. The van der Waals surface area contributed by atoms with Crippen molar-refractivity contribution in [3.05, 3.63) is 31.6 Å². The Kier molecular flexibility index (Phi) is 4.89. The molecule has 1 aromatic carbocycles. The lowest BCUT2D eigenvalue weighted by atomic mass is 9.98. The summed E-state index contributed by atoms with van der Waals surface area (Å²) in [5, 5.41) is 14.0. The molecule has 0 heterocycles. The molecular weight excluding hydrogens is 350 g/mol. The van der Waals surface area contributed by atoms with Gasteiger partial charge >= 0.3 is 0 Å². The molecule has 0 radical (unpaired) electrons. The number of anilines is 1. The van der Waals surface area contributed by atoms with Gasteiger partial charge in [-0.2, -0.15) is 0 Å². The van der Waals surface area contributed by atoms with Gasteiger partial charge in [-0.3, -0.25) is 10.1 Å². The third-order valence-corrected chi connectivity index (χ3v) is 3.41. The first-order valence-corrected chi connectivity index (χ1v) is 6.76. The summed E-state index contributed by atoms with van der Waals surface area (Å²) in [5.41, 5.74) is -0.167. The van der Waals surface area contributed by atoms with E-state index in [1.165, 1.54) is 12.1 Å². The first-order chi connectivity index (χ1) is 8.26. The zero-order valence-electron chi connectivity index (χ0n) is 10.6. The molecule has 0 fully saturated rings. The van der Waals surface area contributed by atoms with Gasteiger partial charge in [0.2, 0.25) is 0 Å². The summed E-state index contributed by atoms with van der Waals surface area (Å²) in [5.74, 6) is -0.448. The van der Waals surface area contributed by atoms with Gasteiger partial charge in [-0.15, -0.1) is 0 Å². The highest BCUT2D eigenvalue weighted by molar-refractivity contribution is 14.1. The molecule has 0 saturated carbocycles. The first kappa shape index (κ1) is 15.1. The van der Waals surface area contributed by atoms with E-state index in [0.29, 0.717) is 0 Å². The Labute approximate surface area is 119 Å². The highest BCUT2D eigenvalue weighted by Gasteiger charge is 2.23. The summed E-state index contributed by atoms with van der Waals surface area (Å²) in [6.45, 7) is 5.92. The second-order valence-corrected chi connectivity index (χ2v) is 5.96. The lowest BCUT2D eigenvalue weighted by Crippen LogP contribution is -2.30. The standard InChI is InChI=1S/C12H16FIN2O2/c1-4-5-12(2,3)15-10-6-8(13)9(14)7-11(10)16(17)18/h6-7,15H,4-5H2,1-3H3. The van der Waals surface area contributed by atoms with E-state index in [2.05, 4.69) is 5.32 Å². The number of rotatable bonds is 5. The van der Waals surface area contributed by atoms with Gasteiger partial charge in [-0.1, -0.05) is 13.3 Å². The van der Waals surface area contributed by atoms with E-state index in [9.17, 15) is 14.5 Å². The molecule has 1 rings (SSSR count). The van der Waals surface area contributed by atoms with Crippen molar-refractivity contribution in [2.45, 2.75) is 39.2 Å². The van der Waals surface area contributed by atoms with Crippen molar-refractivity contribution in [1.82, 2.24) is 0 Å². The number of hydrogen-bond acceptors (Lipinski definition) is 3. The summed E-state index contributed by atoms with van der Waals surface area (Å²) in [6.07, 6.45) is 1.79. The minimum absolute atomic E-state index is 0.0926. The molecule has 100 valence electrons. The van der Waals surface area contributed by atoms with Crippen LogP contribution in [0.2, 0.25) is 0 Å². The fourth-order valence-electron chi connectivity index (χ4n) is 1.84. The van der Waals surface area contributed by atoms with Crippen molar-refractivity contribution in [3.63, 3.8) is 0 Å². The first-order valence-electron chi connectivity index (χ1n) is 5.68. The number of nitrogens with one attached hydrogen (secondary N) is 1. The summed E-state index contributed by atoms with van der Waals surface area (Å²) in [6, 6.07) is 2.44. The Bertz CT molecular complexity index is 464. The Morgan fingerprint density at radius 1 is 1.50 bits per heavy atom. The molecule has 0 aromatic heterocycles. The predicted octanol–water partition coefficient (Wildman–Crippen LogP) is 4.33. The molecule has 0 amide bonds. The molecule has 4 nitrogen and oxygen atoms in total. The zero-order valence-corrected chi connectivity index (χ0v) is 12.7. The number of nitro groups is 1. The van der Waals surface area contributed by atoms with Crippen LogP contribution >= 0.6 is 22.6 Å². The van der Waals surface area contributed by atoms with Crippen LogP contribution in [0.3, 0.4) is 0 Å². The number of halogens is 2. The van der Waals surface area contributed by atoms with Crippen LogP contribution in [0.25, 0.3) is 0 Å². The maximum atomic E-state index is 13.5. The molecule has 18 heavy (non-hydrogen) atoms. The van der Waals surface area contributed by atoms with Crippen molar-refractivity contribution in [2.24, 2.45) is 0 Å². The van der Waals surface area contributed by atoms with Crippen LogP contribution in [0.15, 0.2) is 12.1 Å². The molecule has 0 spiro atoms. The van der Waals surface area contributed by atoms with Crippen LogP contribution in [0, 0.1) is 19.5 Å². The molecule has 0 aliphatic heterocycles. The van der Waals surface area contributed by atoms with Crippen molar-refractivity contribution >= 4 is 34.0 Å². The molecule has 0 unspecified atom stereocenters. The molecular formula is C12H16FIN2O2. The summed E-state index contributed by atoms with van der Waals surface area (Å²) < 4.78 is 13.8. The molecule has 0 aliphatic carbocycles. The normalized spacial score (nSPS) is 11.4. The lowest BCUT2D eigenvalue weighted by Gasteiger charge is -2.27. The predicted molar refractivity (Wildman–Crippen MR) is 78.4 cm³/mol. The van der Waals surface area contributed by atoms with E-state index >= 15 is 0 Å². The molecule has 0 bridgehead atoms. The van der Waals surface area contributed by atoms with Crippen LogP contribution in [0.4, 0.5) is 15.8 Å². The molecule has 1 aromatic rings. The number of nitrogens with zero attached hydrogens (tertiary/aromatic N) is 1. The minimum atomic E-state index is -0.494. The monoisotopic (exact) mass is 366 g/mol. The Morgan fingerprint density at radius 2 is 2.11 bits per heavy atom.